The molecule has 1 aromatic heterocycles. The molecule has 1 aromatic rings. The van der Waals surface area contributed by atoms with E-state index in [9.17, 15) is 18.0 Å². The van der Waals surface area contributed by atoms with Gasteiger partial charge >= 0.3 is 0 Å². The van der Waals surface area contributed by atoms with E-state index in [-0.39, 0.29) is 27.1 Å². The van der Waals surface area contributed by atoms with Crippen molar-refractivity contribution in [1.29, 1.82) is 0 Å². The Bertz CT molecular complexity index is 578. The molecule has 0 radical (unpaired) electrons. The van der Waals surface area contributed by atoms with Crippen molar-refractivity contribution in [2.45, 2.75) is 17.7 Å². The van der Waals surface area contributed by atoms with Crippen LogP contribution in [-0.2, 0) is 14.8 Å². The molecule has 0 bridgehead atoms. The number of carbonyl (C=O) groups excluding carboxylic acids is 2. The molecule has 0 saturated carbocycles. The van der Waals surface area contributed by atoms with Crippen molar-refractivity contribution in [1.82, 2.24) is 4.31 Å². The summed E-state index contributed by atoms with van der Waals surface area (Å²) >= 11 is 6.64. The summed E-state index contributed by atoms with van der Waals surface area (Å²) in [6.07, 6.45) is 1.25. The lowest BCUT2D eigenvalue weighted by atomic mass is 10.3. The second-order valence-electron chi connectivity index (χ2n) is 3.44. The summed E-state index contributed by atoms with van der Waals surface area (Å²) in [5, 5.41) is 0. The van der Waals surface area contributed by atoms with Crippen molar-refractivity contribution >= 4 is 45.2 Å². The zero-order valence-electron chi connectivity index (χ0n) is 8.55. The smallest absolute Gasteiger partial charge is 0.279 e. The molecule has 0 fully saturated rings. The fourth-order valence-electron chi connectivity index (χ4n) is 1.57. The molecule has 1 amide bonds. The first kappa shape index (κ1) is 12.5. The number of aldehydes is 1. The molecule has 0 spiro atoms. The Kier molecular flexibility index (Phi) is 3.24. The molecular formula is C9H8ClNO4S2. The number of hydrogen-bond acceptors (Lipinski definition) is 5. The minimum Gasteiger partial charge on any atom is -0.303 e. The second-order valence-corrected chi connectivity index (χ2v) is 6.95. The summed E-state index contributed by atoms with van der Waals surface area (Å²) in [4.78, 5) is 22.1. The maximum absolute atomic E-state index is 12.0. The first-order valence-electron chi connectivity index (χ1n) is 4.78. The third-order valence-electron chi connectivity index (χ3n) is 2.34. The summed E-state index contributed by atoms with van der Waals surface area (Å²) < 4.78 is 25.0. The second kappa shape index (κ2) is 4.40. The van der Waals surface area contributed by atoms with Crippen molar-refractivity contribution in [3.05, 3.63) is 15.3 Å². The number of unbranched alkanes of at least 4 members (excludes halogenated alkanes) is 1. The molecule has 8 heteroatoms. The normalized spacial score (nSPS) is 17.2. The molecule has 1 aliphatic heterocycles. The highest BCUT2D eigenvalue weighted by molar-refractivity contribution is 7.90. The van der Waals surface area contributed by atoms with Crippen LogP contribution in [0.2, 0.25) is 4.34 Å². The number of thiophene rings is 1. The lowest BCUT2D eigenvalue weighted by Crippen LogP contribution is -2.31. The molecule has 0 unspecified atom stereocenters. The first-order valence-corrected chi connectivity index (χ1v) is 7.42. The molecule has 2 heterocycles. The van der Waals surface area contributed by atoms with Gasteiger partial charge in [0.25, 0.3) is 15.9 Å². The van der Waals surface area contributed by atoms with Gasteiger partial charge in [0.2, 0.25) is 0 Å². The number of rotatable bonds is 4. The predicted molar refractivity (Wildman–Crippen MR) is 62.8 cm³/mol. The Morgan fingerprint density at radius 2 is 2.18 bits per heavy atom. The molecule has 0 saturated heterocycles. The Morgan fingerprint density at radius 3 is 2.76 bits per heavy atom. The fourth-order valence-corrected chi connectivity index (χ4v) is 4.78. The summed E-state index contributed by atoms with van der Waals surface area (Å²) in [7, 11) is -3.76. The van der Waals surface area contributed by atoms with Crippen LogP contribution in [0.5, 0.6) is 0 Å². The summed E-state index contributed by atoms with van der Waals surface area (Å²) in [6, 6.07) is 1.29. The number of nitrogens with zero attached hydrogens (tertiary/aromatic N) is 1. The maximum atomic E-state index is 12.0. The number of fused-ring (bicyclic) bond motifs is 1. The molecule has 0 aliphatic carbocycles. The van der Waals surface area contributed by atoms with Gasteiger partial charge in [-0.1, -0.05) is 11.6 Å². The summed E-state index contributed by atoms with van der Waals surface area (Å²) in [6.45, 7) is 0.0267. The van der Waals surface area contributed by atoms with Crippen molar-refractivity contribution in [2.75, 3.05) is 6.54 Å². The average Bonchev–Trinajstić information content (AvgIpc) is 2.72. The van der Waals surface area contributed by atoms with E-state index >= 15 is 0 Å². The van der Waals surface area contributed by atoms with Gasteiger partial charge in [-0.25, -0.2) is 12.7 Å². The molecule has 17 heavy (non-hydrogen) atoms. The fraction of sp³-hybridized carbons (Fsp3) is 0.333. The zero-order chi connectivity index (χ0) is 12.6. The Hall–Kier alpha value is -0.920. The lowest BCUT2D eigenvalue weighted by Gasteiger charge is -2.13. The number of amides is 1. The van der Waals surface area contributed by atoms with Crippen LogP contribution < -0.4 is 0 Å². The zero-order valence-corrected chi connectivity index (χ0v) is 10.9. The molecular weight excluding hydrogens is 286 g/mol. The Balaban J connectivity index is 2.32. The minimum absolute atomic E-state index is 0.0244. The maximum Gasteiger partial charge on any atom is 0.279 e. The molecule has 92 valence electrons. The van der Waals surface area contributed by atoms with E-state index in [4.69, 9.17) is 11.6 Å². The number of sulfonamides is 1. The SMILES string of the molecule is O=CCCCN1C(=O)c2sc(Cl)cc2S1(=O)=O. The van der Waals surface area contributed by atoms with Crippen LogP contribution in [0.25, 0.3) is 0 Å². The van der Waals surface area contributed by atoms with Crippen molar-refractivity contribution in [2.24, 2.45) is 0 Å². The van der Waals surface area contributed by atoms with E-state index in [1.807, 2.05) is 0 Å². The van der Waals surface area contributed by atoms with Crippen LogP contribution in [0.15, 0.2) is 11.0 Å². The van der Waals surface area contributed by atoms with Crippen LogP contribution in [-0.4, -0.2) is 31.5 Å². The summed E-state index contributed by atoms with van der Waals surface area (Å²) in [5.74, 6) is -0.553. The average molecular weight is 294 g/mol. The molecule has 5 nitrogen and oxygen atoms in total. The van der Waals surface area contributed by atoms with Crippen molar-refractivity contribution in [3.8, 4) is 0 Å². The van der Waals surface area contributed by atoms with E-state index in [1.54, 1.807) is 0 Å². The monoisotopic (exact) mass is 293 g/mol. The Labute approximate surface area is 107 Å². The third-order valence-corrected chi connectivity index (χ3v) is 5.53. The Morgan fingerprint density at radius 1 is 1.47 bits per heavy atom. The van der Waals surface area contributed by atoms with Gasteiger partial charge in [-0.2, -0.15) is 0 Å². The van der Waals surface area contributed by atoms with Gasteiger partial charge in [-0.05, 0) is 12.5 Å². The molecule has 0 aromatic carbocycles. The van der Waals surface area contributed by atoms with Gasteiger partial charge in [0, 0.05) is 13.0 Å². The van der Waals surface area contributed by atoms with E-state index in [0.717, 1.165) is 15.6 Å². The lowest BCUT2D eigenvalue weighted by molar-refractivity contribution is -0.107. The standard InChI is InChI=1S/C9H8ClNO4S2/c10-7-5-6-8(16-7)9(13)11(17(6,14)15)3-1-2-4-12/h4-5H,1-3H2. The van der Waals surface area contributed by atoms with Gasteiger partial charge in [-0.15, -0.1) is 11.3 Å². The van der Waals surface area contributed by atoms with E-state index in [2.05, 4.69) is 0 Å². The first-order chi connectivity index (χ1) is 7.98. The molecule has 0 N–H and O–H groups in total. The highest BCUT2D eigenvalue weighted by Crippen LogP contribution is 2.38. The van der Waals surface area contributed by atoms with Gasteiger partial charge in [-0.3, -0.25) is 4.79 Å². The van der Waals surface area contributed by atoms with Crippen LogP contribution in [0.3, 0.4) is 0 Å². The van der Waals surface area contributed by atoms with Crippen LogP contribution in [0.1, 0.15) is 22.5 Å². The van der Waals surface area contributed by atoms with Crippen molar-refractivity contribution < 1.29 is 18.0 Å². The van der Waals surface area contributed by atoms with Crippen LogP contribution >= 0.6 is 22.9 Å². The van der Waals surface area contributed by atoms with Gasteiger partial charge in [0.1, 0.15) is 16.1 Å². The van der Waals surface area contributed by atoms with Gasteiger partial charge in [0.05, 0.1) is 4.34 Å². The number of hydrogen-bond donors (Lipinski definition) is 0. The minimum atomic E-state index is -3.76. The highest BCUT2D eigenvalue weighted by Gasteiger charge is 2.42. The molecule has 2 rings (SSSR count). The van der Waals surface area contributed by atoms with Crippen molar-refractivity contribution in [3.63, 3.8) is 0 Å². The quantitative estimate of drug-likeness (QED) is 0.623. The highest BCUT2D eigenvalue weighted by atomic mass is 35.5. The summed E-state index contributed by atoms with van der Waals surface area (Å²) in [5.41, 5.74) is 0. The van der Waals surface area contributed by atoms with E-state index in [1.165, 1.54) is 6.07 Å². The van der Waals surface area contributed by atoms with Gasteiger partial charge in [0.15, 0.2) is 0 Å². The molecule has 1 aliphatic rings. The van der Waals surface area contributed by atoms with E-state index in [0.29, 0.717) is 12.7 Å². The number of halogens is 1. The number of carbonyl (C=O) groups is 2. The van der Waals surface area contributed by atoms with Crippen LogP contribution in [0.4, 0.5) is 0 Å². The topological polar surface area (TPSA) is 71.5 Å². The van der Waals surface area contributed by atoms with Gasteiger partial charge < -0.3 is 4.79 Å². The predicted octanol–water partition coefficient (Wildman–Crippen LogP) is 1.53. The largest absolute Gasteiger partial charge is 0.303 e. The third kappa shape index (κ3) is 1.98. The van der Waals surface area contributed by atoms with E-state index < -0.39 is 15.9 Å². The molecule has 0 atom stereocenters. The van der Waals surface area contributed by atoms with Crippen LogP contribution in [0, 0.1) is 0 Å².